The molecule has 0 bridgehead atoms. The Morgan fingerprint density at radius 3 is 2.14 bits per heavy atom. The zero-order valence-corrected chi connectivity index (χ0v) is 17.6. The maximum atomic E-state index is 12.0. The molecule has 2 aromatic rings. The summed E-state index contributed by atoms with van der Waals surface area (Å²) in [5.74, 6) is 2.95. The molecule has 154 valence electrons. The molecule has 0 aromatic heterocycles. The number of rotatable bonds is 6. The number of fused-ring (bicyclic) bond motifs is 2. The van der Waals surface area contributed by atoms with E-state index in [-0.39, 0.29) is 11.9 Å². The summed E-state index contributed by atoms with van der Waals surface area (Å²) in [4.78, 5) is 16.6. The molecule has 0 aliphatic carbocycles. The second-order valence-electron chi connectivity index (χ2n) is 8.18. The fourth-order valence-electron chi connectivity index (χ4n) is 4.80. The van der Waals surface area contributed by atoms with Gasteiger partial charge in [0.05, 0.1) is 6.04 Å². The van der Waals surface area contributed by atoms with Crippen LogP contribution in [0.2, 0.25) is 0 Å². The Labute approximate surface area is 174 Å². The number of likely N-dealkylation sites (tertiary alicyclic amines) is 1. The lowest BCUT2D eigenvalue weighted by Gasteiger charge is -2.41. The van der Waals surface area contributed by atoms with Gasteiger partial charge in [-0.05, 0) is 57.3 Å². The Bertz CT molecular complexity index is 797. The molecule has 1 amide bonds. The van der Waals surface area contributed by atoms with Crippen LogP contribution in [-0.2, 0) is 4.79 Å². The average Bonchev–Trinajstić information content (AvgIpc) is 2.78. The number of benzene rings is 2. The van der Waals surface area contributed by atoms with Crippen LogP contribution in [-0.4, -0.2) is 41.9 Å². The van der Waals surface area contributed by atoms with Gasteiger partial charge in [-0.15, -0.1) is 0 Å². The lowest BCUT2D eigenvalue weighted by atomic mass is 9.88. The van der Waals surface area contributed by atoms with Crippen molar-refractivity contribution in [2.45, 2.75) is 45.6 Å². The highest BCUT2D eigenvalue weighted by molar-refractivity contribution is 5.75. The predicted molar refractivity (Wildman–Crippen MR) is 116 cm³/mol. The Balaban J connectivity index is 1.43. The minimum atomic E-state index is 0.269. The lowest BCUT2D eigenvalue weighted by molar-refractivity contribution is -0.130. The largest absolute Gasteiger partial charge is 0.457 e. The first-order chi connectivity index (χ1) is 14.2. The smallest absolute Gasteiger partial charge is 0.222 e. The first-order valence-electron chi connectivity index (χ1n) is 11.1. The van der Waals surface area contributed by atoms with Gasteiger partial charge in [-0.2, -0.15) is 0 Å². The molecule has 0 saturated carbocycles. The van der Waals surface area contributed by atoms with Gasteiger partial charge in [-0.25, -0.2) is 0 Å². The molecule has 1 saturated heterocycles. The van der Waals surface area contributed by atoms with Crippen molar-refractivity contribution in [2.75, 3.05) is 26.2 Å². The van der Waals surface area contributed by atoms with Crippen LogP contribution in [0, 0.1) is 5.92 Å². The Morgan fingerprint density at radius 2 is 1.59 bits per heavy atom. The molecule has 0 spiro atoms. The summed E-state index contributed by atoms with van der Waals surface area (Å²) in [5.41, 5.74) is 2.55. The number of hydrogen-bond donors (Lipinski definition) is 0. The fraction of sp³-hybridized carbons (Fsp3) is 0.480. The van der Waals surface area contributed by atoms with E-state index in [4.69, 9.17) is 4.74 Å². The van der Waals surface area contributed by atoms with Gasteiger partial charge < -0.3 is 9.64 Å². The minimum Gasteiger partial charge on any atom is -0.457 e. The zero-order valence-electron chi connectivity index (χ0n) is 17.6. The number of nitrogens with zero attached hydrogens (tertiary/aromatic N) is 2. The van der Waals surface area contributed by atoms with Gasteiger partial charge >= 0.3 is 0 Å². The second-order valence-corrected chi connectivity index (χ2v) is 8.18. The molecule has 4 heteroatoms. The van der Waals surface area contributed by atoms with E-state index in [0.717, 1.165) is 44.1 Å². The molecule has 2 aliphatic heterocycles. The van der Waals surface area contributed by atoms with E-state index in [2.05, 4.69) is 48.2 Å². The quantitative estimate of drug-likeness (QED) is 0.674. The number of carbonyl (C=O) groups excluding carboxylic acids is 1. The first kappa shape index (κ1) is 20.0. The highest BCUT2D eigenvalue weighted by atomic mass is 16.5. The molecule has 2 aliphatic rings. The van der Waals surface area contributed by atoms with Crippen LogP contribution in [0.3, 0.4) is 0 Å². The van der Waals surface area contributed by atoms with E-state index in [1.807, 2.05) is 24.0 Å². The molecule has 4 nitrogen and oxygen atoms in total. The summed E-state index contributed by atoms with van der Waals surface area (Å²) in [6.45, 7) is 7.93. The number of carbonyl (C=O) groups is 1. The molecule has 2 heterocycles. The third kappa shape index (κ3) is 4.18. The monoisotopic (exact) mass is 392 g/mol. The van der Waals surface area contributed by atoms with Crippen LogP contribution in [0.5, 0.6) is 11.5 Å². The molecule has 0 unspecified atom stereocenters. The Kier molecular flexibility index (Phi) is 6.19. The summed E-state index contributed by atoms with van der Waals surface area (Å²) in [6, 6.07) is 17.2. The summed E-state index contributed by atoms with van der Waals surface area (Å²) < 4.78 is 6.17. The summed E-state index contributed by atoms with van der Waals surface area (Å²) in [5, 5.41) is 0. The Morgan fingerprint density at radius 1 is 1.00 bits per heavy atom. The maximum Gasteiger partial charge on any atom is 0.222 e. The topological polar surface area (TPSA) is 32.8 Å². The van der Waals surface area contributed by atoms with E-state index in [9.17, 15) is 4.79 Å². The highest BCUT2D eigenvalue weighted by Crippen LogP contribution is 2.46. The molecule has 0 atom stereocenters. The standard InChI is InChI=1S/C25H32N2O2/c1-3-24(28)26(4-2)16-13-19-14-17-27(18-15-19)25-20-9-5-7-11-22(20)29-23-12-8-6-10-21(23)25/h5-12,19,25H,3-4,13-18H2,1-2H3. The molecular weight excluding hydrogens is 360 g/mol. The van der Waals surface area contributed by atoms with Crippen molar-refractivity contribution in [3.05, 3.63) is 59.7 Å². The van der Waals surface area contributed by atoms with Crippen molar-refractivity contribution in [1.29, 1.82) is 0 Å². The number of hydrogen-bond acceptors (Lipinski definition) is 3. The van der Waals surface area contributed by atoms with E-state index in [1.54, 1.807) is 0 Å². The van der Waals surface area contributed by atoms with Crippen LogP contribution >= 0.6 is 0 Å². The van der Waals surface area contributed by atoms with Crippen molar-refractivity contribution >= 4 is 5.91 Å². The Hall–Kier alpha value is -2.33. The summed E-state index contributed by atoms with van der Waals surface area (Å²) in [6.07, 6.45) is 4.11. The van der Waals surface area contributed by atoms with Crippen molar-refractivity contribution < 1.29 is 9.53 Å². The fourth-order valence-corrected chi connectivity index (χ4v) is 4.80. The maximum absolute atomic E-state index is 12.0. The number of amides is 1. The van der Waals surface area contributed by atoms with Crippen molar-refractivity contribution in [3.8, 4) is 11.5 Å². The van der Waals surface area contributed by atoms with Crippen LogP contribution in [0.1, 0.15) is 56.7 Å². The van der Waals surface area contributed by atoms with Crippen molar-refractivity contribution in [3.63, 3.8) is 0 Å². The SMILES string of the molecule is CCC(=O)N(CC)CCC1CCN(C2c3ccccc3Oc3ccccc32)CC1. The highest BCUT2D eigenvalue weighted by Gasteiger charge is 2.33. The molecule has 2 aromatic carbocycles. The molecule has 0 N–H and O–H groups in total. The van der Waals surface area contributed by atoms with Crippen LogP contribution in [0.4, 0.5) is 0 Å². The van der Waals surface area contributed by atoms with Crippen LogP contribution in [0.15, 0.2) is 48.5 Å². The second kappa shape index (κ2) is 9.00. The van der Waals surface area contributed by atoms with E-state index < -0.39 is 0 Å². The third-order valence-corrected chi connectivity index (χ3v) is 6.51. The van der Waals surface area contributed by atoms with Gasteiger partial charge in [0.15, 0.2) is 0 Å². The average molecular weight is 393 g/mol. The lowest BCUT2D eigenvalue weighted by Crippen LogP contribution is -2.39. The predicted octanol–water partition coefficient (Wildman–Crippen LogP) is 5.24. The van der Waals surface area contributed by atoms with E-state index >= 15 is 0 Å². The van der Waals surface area contributed by atoms with Gasteiger partial charge in [0.25, 0.3) is 0 Å². The molecule has 4 rings (SSSR count). The van der Waals surface area contributed by atoms with Crippen LogP contribution < -0.4 is 4.74 Å². The van der Waals surface area contributed by atoms with Gasteiger partial charge in [-0.3, -0.25) is 9.69 Å². The number of piperidine rings is 1. The first-order valence-corrected chi connectivity index (χ1v) is 11.1. The summed E-state index contributed by atoms with van der Waals surface area (Å²) in [7, 11) is 0. The van der Waals surface area contributed by atoms with E-state index in [0.29, 0.717) is 12.3 Å². The van der Waals surface area contributed by atoms with Gasteiger partial charge in [0.2, 0.25) is 5.91 Å². The minimum absolute atomic E-state index is 0.269. The molecular formula is C25H32N2O2. The van der Waals surface area contributed by atoms with Crippen molar-refractivity contribution in [2.24, 2.45) is 5.92 Å². The van der Waals surface area contributed by atoms with Gasteiger partial charge in [0.1, 0.15) is 11.5 Å². The summed E-state index contributed by atoms with van der Waals surface area (Å²) >= 11 is 0. The van der Waals surface area contributed by atoms with Gasteiger partial charge in [0, 0.05) is 30.6 Å². The molecule has 1 fully saturated rings. The number of ether oxygens (including phenoxy) is 1. The van der Waals surface area contributed by atoms with E-state index in [1.165, 1.54) is 24.0 Å². The normalized spacial score (nSPS) is 17.3. The molecule has 0 radical (unpaired) electrons. The molecule has 29 heavy (non-hydrogen) atoms. The number of para-hydroxylation sites is 2. The van der Waals surface area contributed by atoms with Gasteiger partial charge in [-0.1, -0.05) is 43.3 Å². The van der Waals surface area contributed by atoms with Crippen LogP contribution in [0.25, 0.3) is 0 Å². The third-order valence-electron chi connectivity index (χ3n) is 6.51. The zero-order chi connectivity index (χ0) is 20.2. The van der Waals surface area contributed by atoms with Crippen molar-refractivity contribution in [1.82, 2.24) is 9.80 Å².